The number of hydrogen-bond donors (Lipinski definition) is 1. The maximum absolute atomic E-state index is 13.0. The van der Waals surface area contributed by atoms with Gasteiger partial charge in [-0.15, -0.1) is 11.3 Å². The fourth-order valence-electron chi connectivity index (χ4n) is 4.47. The number of para-hydroxylation sites is 1. The molecule has 0 fully saturated rings. The van der Waals surface area contributed by atoms with Gasteiger partial charge >= 0.3 is 0 Å². The van der Waals surface area contributed by atoms with Gasteiger partial charge < -0.3 is 10.1 Å². The summed E-state index contributed by atoms with van der Waals surface area (Å²) in [7, 11) is 0. The Bertz CT molecular complexity index is 1570. The number of anilines is 1. The first kappa shape index (κ1) is 23.4. The van der Waals surface area contributed by atoms with Crippen molar-refractivity contribution in [3.8, 4) is 17.9 Å². The highest BCUT2D eigenvalue weighted by Crippen LogP contribution is 2.38. The molecule has 6 heteroatoms. The number of amides is 1. The van der Waals surface area contributed by atoms with Crippen molar-refractivity contribution >= 4 is 39.1 Å². The third-order valence-electron chi connectivity index (χ3n) is 6.30. The molecule has 0 radical (unpaired) electrons. The van der Waals surface area contributed by atoms with Crippen molar-refractivity contribution in [2.24, 2.45) is 0 Å². The number of ether oxygens (including phenoxy) is 1. The zero-order valence-corrected chi connectivity index (χ0v) is 20.4. The van der Waals surface area contributed by atoms with Crippen LogP contribution in [0.2, 0.25) is 0 Å². The minimum Gasteiger partial charge on any atom is -0.488 e. The first-order valence-corrected chi connectivity index (χ1v) is 12.6. The molecule has 1 heterocycles. The van der Waals surface area contributed by atoms with E-state index in [2.05, 4.69) is 35.7 Å². The number of nitrogens with one attached hydrogen (secondary N) is 1. The molecular weight excluding hydrogens is 466 g/mol. The molecule has 1 aliphatic rings. The van der Waals surface area contributed by atoms with Crippen LogP contribution in [0.4, 0.5) is 5.00 Å². The molecular formula is C30H23N3O2S. The van der Waals surface area contributed by atoms with Crippen molar-refractivity contribution in [2.45, 2.75) is 32.3 Å². The van der Waals surface area contributed by atoms with Crippen LogP contribution in [-0.2, 0) is 24.2 Å². The second-order valence-electron chi connectivity index (χ2n) is 8.66. The smallest absolute Gasteiger partial charge is 0.266 e. The Morgan fingerprint density at radius 1 is 1.00 bits per heavy atom. The highest BCUT2D eigenvalue weighted by Gasteiger charge is 2.23. The summed E-state index contributed by atoms with van der Waals surface area (Å²) in [6, 6.07) is 25.9. The van der Waals surface area contributed by atoms with Gasteiger partial charge in [0.15, 0.2) is 0 Å². The number of nitrogens with zero attached hydrogens (tertiary/aromatic N) is 2. The molecule has 0 saturated heterocycles. The third-order valence-corrected chi connectivity index (χ3v) is 7.51. The number of rotatable bonds is 6. The van der Waals surface area contributed by atoms with E-state index in [-0.39, 0.29) is 5.57 Å². The van der Waals surface area contributed by atoms with Gasteiger partial charge in [0, 0.05) is 10.4 Å². The average molecular weight is 490 g/mol. The Kier molecular flexibility index (Phi) is 6.80. The number of aryl methyl sites for hydroxylation is 1. The molecule has 0 aliphatic heterocycles. The van der Waals surface area contributed by atoms with E-state index < -0.39 is 5.91 Å². The molecule has 5 nitrogen and oxygen atoms in total. The third kappa shape index (κ3) is 4.86. The zero-order chi connectivity index (χ0) is 24.9. The highest BCUT2D eigenvalue weighted by molar-refractivity contribution is 7.16. The molecule has 1 aliphatic carbocycles. The Labute approximate surface area is 213 Å². The van der Waals surface area contributed by atoms with E-state index >= 15 is 0 Å². The first-order chi connectivity index (χ1) is 17.7. The minimum atomic E-state index is -0.531. The molecule has 5 rings (SSSR count). The van der Waals surface area contributed by atoms with Gasteiger partial charge in [-0.2, -0.15) is 10.5 Å². The molecule has 0 spiro atoms. The fourth-order valence-corrected chi connectivity index (χ4v) is 5.70. The van der Waals surface area contributed by atoms with E-state index in [0.29, 0.717) is 28.5 Å². The fraction of sp³-hybridized carbons (Fsp3) is 0.167. The van der Waals surface area contributed by atoms with E-state index in [1.54, 1.807) is 0 Å². The van der Waals surface area contributed by atoms with E-state index in [1.165, 1.54) is 22.8 Å². The predicted octanol–water partition coefficient (Wildman–Crippen LogP) is 6.78. The van der Waals surface area contributed by atoms with Gasteiger partial charge in [-0.05, 0) is 65.8 Å². The first-order valence-electron chi connectivity index (χ1n) is 11.8. The largest absolute Gasteiger partial charge is 0.488 e. The summed E-state index contributed by atoms with van der Waals surface area (Å²) in [5.41, 5.74) is 3.18. The van der Waals surface area contributed by atoms with Crippen molar-refractivity contribution in [3.05, 3.63) is 99.4 Å². The lowest BCUT2D eigenvalue weighted by molar-refractivity contribution is -0.112. The summed E-state index contributed by atoms with van der Waals surface area (Å²) >= 11 is 1.44. The molecule has 4 aromatic rings. The Morgan fingerprint density at radius 3 is 2.61 bits per heavy atom. The van der Waals surface area contributed by atoms with Gasteiger partial charge in [0.1, 0.15) is 35.1 Å². The van der Waals surface area contributed by atoms with Gasteiger partial charge in [0.05, 0.1) is 5.56 Å². The minimum absolute atomic E-state index is 0.0491. The van der Waals surface area contributed by atoms with Gasteiger partial charge in [-0.25, -0.2) is 0 Å². The molecule has 0 unspecified atom stereocenters. The van der Waals surface area contributed by atoms with Crippen molar-refractivity contribution in [2.75, 3.05) is 5.32 Å². The Hall–Kier alpha value is -4.39. The Balaban J connectivity index is 1.35. The maximum atomic E-state index is 13.0. The summed E-state index contributed by atoms with van der Waals surface area (Å²) in [6.07, 6.45) is 5.45. The van der Waals surface area contributed by atoms with E-state index in [9.17, 15) is 15.3 Å². The van der Waals surface area contributed by atoms with Gasteiger partial charge in [0.25, 0.3) is 5.91 Å². The normalized spacial score (nSPS) is 12.9. The van der Waals surface area contributed by atoms with E-state index in [1.807, 2.05) is 48.5 Å². The second kappa shape index (κ2) is 10.5. The zero-order valence-electron chi connectivity index (χ0n) is 19.6. The van der Waals surface area contributed by atoms with E-state index in [0.717, 1.165) is 47.1 Å². The molecule has 36 heavy (non-hydrogen) atoms. The highest BCUT2D eigenvalue weighted by atomic mass is 32.1. The standard InChI is InChI=1S/C30H23N3O2S/c31-17-24(29(34)33-30-26(18-32)25-10-4-6-12-28(25)36-30)16-23-9-3-5-11-27(23)35-19-20-13-14-21-7-1-2-8-22(21)15-20/h1-3,5,7-9,11,13-16H,4,6,10,12,19H2,(H,33,34)/b24-16+. The topological polar surface area (TPSA) is 85.9 Å². The summed E-state index contributed by atoms with van der Waals surface area (Å²) in [4.78, 5) is 14.2. The second-order valence-corrected chi connectivity index (χ2v) is 9.76. The predicted molar refractivity (Wildman–Crippen MR) is 143 cm³/mol. The number of carbonyl (C=O) groups excluding carboxylic acids is 1. The molecule has 0 atom stereocenters. The van der Waals surface area contributed by atoms with Crippen molar-refractivity contribution in [1.29, 1.82) is 10.5 Å². The van der Waals surface area contributed by atoms with Crippen LogP contribution in [0, 0.1) is 22.7 Å². The number of carbonyl (C=O) groups is 1. The molecule has 176 valence electrons. The summed E-state index contributed by atoms with van der Waals surface area (Å²) in [5, 5.41) is 25.0. The van der Waals surface area contributed by atoms with Crippen LogP contribution in [0.1, 0.15) is 40.0 Å². The molecule has 3 aromatic carbocycles. The monoisotopic (exact) mass is 489 g/mol. The van der Waals surface area contributed by atoms with Crippen molar-refractivity contribution in [3.63, 3.8) is 0 Å². The lowest BCUT2D eigenvalue weighted by Crippen LogP contribution is -2.13. The van der Waals surface area contributed by atoms with Gasteiger partial charge in [-0.1, -0.05) is 54.6 Å². The number of hydrogen-bond acceptors (Lipinski definition) is 5. The quantitative estimate of drug-likeness (QED) is 0.239. The number of benzene rings is 3. The van der Waals surface area contributed by atoms with Crippen LogP contribution in [-0.4, -0.2) is 5.91 Å². The summed E-state index contributed by atoms with van der Waals surface area (Å²) < 4.78 is 6.08. The van der Waals surface area contributed by atoms with Crippen LogP contribution >= 0.6 is 11.3 Å². The van der Waals surface area contributed by atoms with Crippen molar-refractivity contribution < 1.29 is 9.53 Å². The van der Waals surface area contributed by atoms with Crippen LogP contribution in [0.15, 0.2) is 72.3 Å². The molecule has 0 bridgehead atoms. The van der Waals surface area contributed by atoms with Crippen LogP contribution in [0.25, 0.3) is 16.8 Å². The average Bonchev–Trinajstić information content (AvgIpc) is 3.27. The summed E-state index contributed by atoms with van der Waals surface area (Å²) in [5.74, 6) is 0.0486. The van der Waals surface area contributed by atoms with Crippen LogP contribution in [0.3, 0.4) is 0 Å². The molecule has 1 aromatic heterocycles. The molecule has 1 amide bonds. The lowest BCUT2D eigenvalue weighted by Gasteiger charge is -2.11. The summed E-state index contributed by atoms with van der Waals surface area (Å²) in [6.45, 7) is 0.357. The molecule has 0 saturated carbocycles. The Morgan fingerprint density at radius 2 is 1.78 bits per heavy atom. The van der Waals surface area contributed by atoms with Gasteiger partial charge in [0.2, 0.25) is 0 Å². The van der Waals surface area contributed by atoms with Crippen molar-refractivity contribution in [1.82, 2.24) is 0 Å². The van der Waals surface area contributed by atoms with Crippen LogP contribution < -0.4 is 10.1 Å². The van der Waals surface area contributed by atoms with Crippen LogP contribution in [0.5, 0.6) is 5.75 Å². The number of thiophene rings is 1. The lowest BCUT2D eigenvalue weighted by atomic mass is 9.96. The number of fused-ring (bicyclic) bond motifs is 2. The van der Waals surface area contributed by atoms with E-state index in [4.69, 9.17) is 4.74 Å². The number of nitriles is 2. The molecule has 1 N–H and O–H groups in total. The van der Waals surface area contributed by atoms with Gasteiger partial charge in [-0.3, -0.25) is 4.79 Å². The maximum Gasteiger partial charge on any atom is 0.266 e. The SMILES string of the molecule is N#C/C(=C\c1ccccc1OCc1ccc2ccccc2c1)C(=O)Nc1sc2c(c1C#N)CCCC2.